The Morgan fingerprint density at radius 1 is 1.42 bits per heavy atom. The molecule has 1 aliphatic rings. The minimum atomic E-state index is -0.481. The number of nitrogens with one attached hydrogen (secondary N) is 1. The van der Waals surface area contributed by atoms with E-state index in [0.29, 0.717) is 5.70 Å². The Bertz CT molecular complexity index is 677. The van der Waals surface area contributed by atoms with Crippen molar-refractivity contribution < 1.29 is 4.79 Å². The van der Waals surface area contributed by atoms with Gasteiger partial charge in [0.1, 0.15) is 5.54 Å². The van der Waals surface area contributed by atoms with Crippen LogP contribution in [0.25, 0.3) is 6.20 Å². The van der Waals surface area contributed by atoms with Gasteiger partial charge in [0, 0.05) is 10.7 Å². The van der Waals surface area contributed by atoms with Crippen molar-refractivity contribution in [3.05, 3.63) is 58.0 Å². The van der Waals surface area contributed by atoms with E-state index in [1.54, 1.807) is 17.1 Å². The van der Waals surface area contributed by atoms with Gasteiger partial charge < -0.3 is 5.32 Å². The molecule has 0 fully saturated rings. The van der Waals surface area contributed by atoms with Gasteiger partial charge in [0.2, 0.25) is 0 Å². The number of fused-ring (bicyclic) bond motifs is 1. The first-order chi connectivity index (χ1) is 9.13. The van der Waals surface area contributed by atoms with Crippen LogP contribution in [0.15, 0.2) is 46.7 Å². The van der Waals surface area contributed by atoms with E-state index in [2.05, 4.69) is 26.3 Å². The second-order valence-electron chi connectivity index (χ2n) is 4.62. The Hall–Kier alpha value is -1.88. The summed E-state index contributed by atoms with van der Waals surface area (Å²) in [5.41, 5.74) is 2.09. The molecule has 0 saturated carbocycles. The van der Waals surface area contributed by atoms with Crippen LogP contribution < -0.4 is 5.32 Å². The van der Waals surface area contributed by atoms with Gasteiger partial charge >= 0.3 is 0 Å². The predicted molar refractivity (Wildman–Crippen MR) is 76.3 cm³/mol. The van der Waals surface area contributed by atoms with E-state index in [1.165, 1.54) is 0 Å². The van der Waals surface area contributed by atoms with Gasteiger partial charge in [0.25, 0.3) is 0 Å². The molecule has 2 aromatic rings. The number of aromatic nitrogens is 2. The standard InChI is InChI=1S/C14H12BrN3O/c1-14(10-3-2-4-11(15)7-10)13-5-6-16-18(13)8-12(9-19)17-14/h2-9,17H,1H3. The van der Waals surface area contributed by atoms with Crippen LogP contribution in [0.3, 0.4) is 0 Å². The van der Waals surface area contributed by atoms with E-state index in [-0.39, 0.29) is 0 Å². The zero-order valence-electron chi connectivity index (χ0n) is 10.3. The van der Waals surface area contributed by atoms with E-state index >= 15 is 0 Å². The van der Waals surface area contributed by atoms with E-state index in [0.717, 1.165) is 22.0 Å². The Kier molecular flexibility index (Phi) is 2.78. The van der Waals surface area contributed by atoms with Crippen LogP contribution in [0.2, 0.25) is 0 Å². The van der Waals surface area contributed by atoms with Crippen molar-refractivity contribution in [1.29, 1.82) is 0 Å². The summed E-state index contributed by atoms with van der Waals surface area (Å²) in [7, 11) is 0. The third-order valence-corrected chi connectivity index (χ3v) is 3.86. The molecule has 96 valence electrons. The average Bonchev–Trinajstić information content (AvgIpc) is 2.87. The first-order valence-corrected chi connectivity index (χ1v) is 6.68. The lowest BCUT2D eigenvalue weighted by atomic mass is 9.87. The number of halogens is 1. The van der Waals surface area contributed by atoms with Crippen molar-refractivity contribution in [2.45, 2.75) is 12.5 Å². The van der Waals surface area contributed by atoms with Crippen molar-refractivity contribution in [1.82, 2.24) is 15.1 Å². The second kappa shape index (κ2) is 4.35. The summed E-state index contributed by atoms with van der Waals surface area (Å²) in [4.78, 5) is 11.1. The monoisotopic (exact) mass is 317 g/mol. The van der Waals surface area contributed by atoms with E-state index in [1.807, 2.05) is 37.3 Å². The molecule has 1 aromatic carbocycles. The minimum absolute atomic E-state index is 0.481. The second-order valence-corrected chi connectivity index (χ2v) is 5.54. The third kappa shape index (κ3) is 1.90. The Morgan fingerprint density at radius 2 is 2.26 bits per heavy atom. The van der Waals surface area contributed by atoms with Crippen LogP contribution in [-0.4, -0.2) is 16.1 Å². The molecule has 1 unspecified atom stereocenters. The number of rotatable bonds is 2. The largest absolute Gasteiger partial charge is 0.367 e. The highest BCUT2D eigenvalue weighted by Crippen LogP contribution is 2.33. The lowest BCUT2D eigenvalue weighted by Crippen LogP contribution is -2.44. The van der Waals surface area contributed by atoms with Gasteiger partial charge in [0.15, 0.2) is 6.29 Å². The van der Waals surface area contributed by atoms with Gasteiger partial charge in [-0.2, -0.15) is 5.10 Å². The molecule has 0 aliphatic carbocycles. The summed E-state index contributed by atoms with van der Waals surface area (Å²) in [6.07, 6.45) is 4.24. The molecule has 19 heavy (non-hydrogen) atoms. The number of allylic oxidation sites excluding steroid dienone is 1. The topological polar surface area (TPSA) is 46.9 Å². The lowest BCUT2D eigenvalue weighted by molar-refractivity contribution is -0.105. The SMILES string of the molecule is CC1(c2cccc(Br)c2)NC(C=O)=Cn2nccc21. The first kappa shape index (κ1) is 12.2. The third-order valence-electron chi connectivity index (χ3n) is 3.37. The van der Waals surface area contributed by atoms with Crippen LogP contribution in [0.1, 0.15) is 18.2 Å². The summed E-state index contributed by atoms with van der Waals surface area (Å²) < 4.78 is 2.74. The normalized spacial score (nSPS) is 21.3. The van der Waals surface area contributed by atoms with E-state index < -0.39 is 5.54 Å². The van der Waals surface area contributed by atoms with Crippen LogP contribution in [0, 0.1) is 0 Å². The van der Waals surface area contributed by atoms with Gasteiger partial charge in [-0.05, 0) is 30.7 Å². The van der Waals surface area contributed by atoms with Crippen LogP contribution in [-0.2, 0) is 10.3 Å². The summed E-state index contributed by atoms with van der Waals surface area (Å²) in [5.74, 6) is 0. The van der Waals surface area contributed by atoms with Crippen molar-refractivity contribution >= 4 is 28.4 Å². The van der Waals surface area contributed by atoms with Gasteiger partial charge in [-0.1, -0.05) is 28.1 Å². The molecule has 1 atom stereocenters. The molecule has 0 bridgehead atoms. The molecule has 2 heterocycles. The van der Waals surface area contributed by atoms with Crippen molar-refractivity contribution in [2.75, 3.05) is 0 Å². The van der Waals surface area contributed by atoms with Crippen LogP contribution >= 0.6 is 15.9 Å². The number of benzene rings is 1. The quantitative estimate of drug-likeness (QED) is 0.866. The number of aldehydes is 1. The molecule has 4 nitrogen and oxygen atoms in total. The van der Waals surface area contributed by atoms with Crippen molar-refractivity contribution in [3.63, 3.8) is 0 Å². The molecule has 1 aromatic heterocycles. The number of carbonyl (C=O) groups is 1. The lowest BCUT2D eigenvalue weighted by Gasteiger charge is -2.35. The fourth-order valence-electron chi connectivity index (χ4n) is 2.41. The highest BCUT2D eigenvalue weighted by atomic mass is 79.9. The Balaban J connectivity index is 2.19. The summed E-state index contributed by atoms with van der Waals surface area (Å²) in [6.45, 7) is 2.04. The van der Waals surface area contributed by atoms with Gasteiger partial charge in [0.05, 0.1) is 17.6 Å². The number of hydrogen-bond acceptors (Lipinski definition) is 3. The maximum Gasteiger partial charge on any atom is 0.167 e. The summed E-state index contributed by atoms with van der Waals surface area (Å²) in [6, 6.07) is 9.97. The van der Waals surface area contributed by atoms with Crippen LogP contribution in [0.4, 0.5) is 0 Å². The first-order valence-electron chi connectivity index (χ1n) is 5.89. The highest BCUT2D eigenvalue weighted by Gasteiger charge is 2.35. The fraction of sp³-hybridized carbons (Fsp3) is 0.143. The summed E-state index contributed by atoms with van der Waals surface area (Å²) in [5, 5.41) is 7.50. The maximum atomic E-state index is 11.1. The molecule has 0 amide bonds. The molecule has 1 aliphatic heterocycles. The zero-order chi connectivity index (χ0) is 13.5. The summed E-state index contributed by atoms with van der Waals surface area (Å²) >= 11 is 3.48. The Labute approximate surface area is 119 Å². The molecular formula is C14H12BrN3O. The van der Waals surface area contributed by atoms with E-state index in [4.69, 9.17) is 0 Å². The van der Waals surface area contributed by atoms with Gasteiger partial charge in [-0.3, -0.25) is 4.79 Å². The van der Waals surface area contributed by atoms with E-state index in [9.17, 15) is 4.79 Å². The molecular weight excluding hydrogens is 306 g/mol. The molecule has 0 saturated heterocycles. The molecule has 3 rings (SSSR count). The zero-order valence-corrected chi connectivity index (χ0v) is 11.9. The number of carbonyl (C=O) groups excluding carboxylic acids is 1. The number of hydrogen-bond donors (Lipinski definition) is 1. The highest BCUT2D eigenvalue weighted by molar-refractivity contribution is 9.10. The molecule has 0 radical (unpaired) electrons. The van der Waals surface area contributed by atoms with Crippen LogP contribution in [0.5, 0.6) is 0 Å². The fourth-order valence-corrected chi connectivity index (χ4v) is 2.81. The molecule has 5 heteroatoms. The smallest absolute Gasteiger partial charge is 0.167 e. The molecule has 1 N–H and O–H groups in total. The number of nitrogens with zero attached hydrogens (tertiary/aromatic N) is 2. The minimum Gasteiger partial charge on any atom is -0.367 e. The van der Waals surface area contributed by atoms with Crippen molar-refractivity contribution in [2.24, 2.45) is 0 Å². The predicted octanol–water partition coefficient (Wildman–Crippen LogP) is 2.51. The maximum absolute atomic E-state index is 11.1. The average molecular weight is 318 g/mol. The van der Waals surface area contributed by atoms with Gasteiger partial charge in [-0.15, -0.1) is 0 Å². The Morgan fingerprint density at radius 3 is 3.00 bits per heavy atom. The van der Waals surface area contributed by atoms with Gasteiger partial charge in [-0.25, -0.2) is 4.68 Å². The van der Waals surface area contributed by atoms with Crippen molar-refractivity contribution in [3.8, 4) is 0 Å². The molecule has 0 spiro atoms.